The first kappa shape index (κ1) is 18.2. The van der Waals surface area contributed by atoms with Crippen molar-refractivity contribution in [1.82, 2.24) is 15.6 Å². The molecule has 0 spiro atoms. The maximum Gasteiger partial charge on any atom is 0.191 e. The number of anilines is 1. The summed E-state index contributed by atoms with van der Waals surface area (Å²) >= 11 is 0. The van der Waals surface area contributed by atoms with Gasteiger partial charge in [-0.25, -0.2) is 0 Å². The first-order valence-electron chi connectivity index (χ1n) is 9.34. The lowest BCUT2D eigenvalue weighted by atomic mass is 10.2. The fraction of sp³-hybridized carbons (Fsp3) is 0.429. The molecule has 5 heteroatoms. The summed E-state index contributed by atoms with van der Waals surface area (Å²) in [4.78, 5) is 11.1. The fourth-order valence-electron chi connectivity index (χ4n) is 3.23. The first-order chi connectivity index (χ1) is 12.6. The summed E-state index contributed by atoms with van der Waals surface area (Å²) in [5.41, 5.74) is 4.90. The number of guanidine groups is 1. The van der Waals surface area contributed by atoms with Gasteiger partial charge in [0.25, 0.3) is 0 Å². The Balaban J connectivity index is 1.45. The van der Waals surface area contributed by atoms with Crippen LogP contribution in [0.25, 0.3) is 0 Å². The van der Waals surface area contributed by atoms with E-state index in [9.17, 15) is 0 Å². The van der Waals surface area contributed by atoms with E-state index in [-0.39, 0.29) is 0 Å². The highest BCUT2D eigenvalue weighted by Crippen LogP contribution is 2.20. The Morgan fingerprint density at radius 2 is 2.00 bits per heavy atom. The molecule has 138 valence electrons. The van der Waals surface area contributed by atoms with Crippen LogP contribution in [0.4, 0.5) is 5.69 Å². The van der Waals surface area contributed by atoms with Crippen molar-refractivity contribution >= 4 is 11.6 Å². The minimum atomic E-state index is 0.420. The molecule has 1 aliphatic rings. The molecule has 1 saturated heterocycles. The maximum atomic E-state index is 4.37. The van der Waals surface area contributed by atoms with Gasteiger partial charge in [-0.15, -0.1) is 0 Å². The molecule has 0 bridgehead atoms. The summed E-state index contributed by atoms with van der Waals surface area (Å²) in [6.07, 6.45) is 4.01. The van der Waals surface area contributed by atoms with Gasteiger partial charge in [0, 0.05) is 50.3 Å². The van der Waals surface area contributed by atoms with Crippen molar-refractivity contribution in [2.45, 2.75) is 32.7 Å². The second kappa shape index (κ2) is 8.70. The lowest BCUT2D eigenvalue weighted by molar-refractivity contribution is 0.648. The third kappa shape index (κ3) is 4.97. The van der Waals surface area contributed by atoms with Gasteiger partial charge in [-0.3, -0.25) is 9.98 Å². The molecule has 2 N–H and O–H groups in total. The Kier molecular flexibility index (Phi) is 6.10. The Morgan fingerprint density at radius 3 is 2.69 bits per heavy atom. The van der Waals surface area contributed by atoms with Crippen LogP contribution in [0.1, 0.15) is 23.2 Å². The van der Waals surface area contributed by atoms with E-state index in [1.807, 2.05) is 20.2 Å². The predicted octanol–water partition coefficient (Wildman–Crippen LogP) is 2.68. The van der Waals surface area contributed by atoms with Gasteiger partial charge in [-0.1, -0.05) is 23.8 Å². The average Bonchev–Trinajstić information content (AvgIpc) is 3.11. The third-order valence-electron chi connectivity index (χ3n) is 4.83. The smallest absolute Gasteiger partial charge is 0.191 e. The van der Waals surface area contributed by atoms with E-state index in [0.29, 0.717) is 6.04 Å². The minimum Gasteiger partial charge on any atom is -0.369 e. The third-order valence-corrected chi connectivity index (χ3v) is 4.83. The van der Waals surface area contributed by atoms with E-state index >= 15 is 0 Å². The summed E-state index contributed by atoms with van der Waals surface area (Å²) < 4.78 is 0. The van der Waals surface area contributed by atoms with Gasteiger partial charge in [-0.2, -0.15) is 0 Å². The minimum absolute atomic E-state index is 0.420. The van der Waals surface area contributed by atoms with Crippen molar-refractivity contribution in [2.24, 2.45) is 4.99 Å². The van der Waals surface area contributed by atoms with Crippen LogP contribution in [0.2, 0.25) is 0 Å². The molecule has 1 fully saturated rings. The largest absolute Gasteiger partial charge is 0.369 e. The fourth-order valence-corrected chi connectivity index (χ4v) is 3.23. The van der Waals surface area contributed by atoms with Crippen LogP contribution in [0.5, 0.6) is 0 Å². The predicted molar refractivity (Wildman–Crippen MR) is 109 cm³/mol. The zero-order valence-corrected chi connectivity index (χ0v) is 16.0. The highest BCUT2D eigenvalue weighted by atomic mass is 15.2. The quantitative estimate of drug-likeness (QED) is 0.642. The number of hydrogen-bond donors (Lipinski definition) is 2. The molecule has 0 amide bonds. The molecule has 5 nitrogen and oxygen atoms in total. The SMILES string of the molecule is CN=C(NCCc1ccc(C)nc1)NC1CCN(c2ccc(C)cc2)C1. The van der Waals surface area contributed by atoms with Gasteiger partial charge < -0.3 is 15.5 Å². The van der Waals surface area contributed by atoms with Crippen molar-refractivity contribution in [3.63, 3.8) is 0 Å². The van der Waals surface area contributed by atoms with E-state index < -0.39 is 0 Å². The highest BCUT2D eigenvalue weighted by molar-refractivity contribution is 5.80. The van der Waals surface area contributed by atoms with Crippen LogP contribution < -0.4 is 15.5 Å². The lowest BCUT2D eigenvalue weighted by Crippen LogP contribution is -2.45. The van der Waals surface area contributed by atoms with E-state index in [0.717, 1.165) is 44.1 Å². The number of hydrogen-bond acceptors (Lipinski definition) is 3. The number of nitrogens with one attached hydrogen (secondary N) is 2. The van der Waals surface area contributed by atoms with Crippen molar-refractivity contribution in [1.29, 1.82) is 0 Å². The summed E-state index contributed by atoms with van der Waals surface area (Å²) in [6, 6.07) is 13.4. The molecule has 1 atom stereocenters. The molecule has 1 aromatic carbocycles. The molecule has 0 radical (unpaired) electrons. The summed E-state index contributed by atoms with van der Waals surface area (Å²) in [7, 11) is 1.83. The normalized spacial score (nSPS) is 17.4. The first-order valence-corrected chi connectivity index (χ1v) is 9.34. The Hall–Kier alpha value is -2.56. The van der Waals surface area contributed by atoms with E-state index in [2.05, 4.69) is 68.8 Å². The van der Waals surface area contributed by atoms with Crippen LogP contribution in [0, 0.1) is 13.8 Å². The molecule has 1 unspecified atom stereocenters. The van der Waals surface area contributed by atoms with Crippen molar-refractivity contribution in [3.05, 3.63) is 59.4 Å². The highest BCUT2D eigenvalue weighted by Gasteiger charge is 2.23. The zero-order chi connectivity index (χ0) is 18.4. The average molecular weight is 351 g/mol. The molecule has 0 aliphatic carbocycles. The van der Waals surface area contributed by atoms with Crippen molar-refractivity contribution < 1.29 is 0 Å². The summed E-state index contributed by atoms with van der Waals surface area (Å²) in [5, 5.41) is 6.97. The molecule has 2 aromatic rings. The Bertz CT molecular complexity index is 721. The molecule has 26 heavy (non-hydrogen) atoms. The van der Waals surface area contributed by atoms with Crippen LogP contribution in [0.15, 0.2) is 47.6 Å². The number of aromatic nitrogens is 1. The van der Waals surface area contributed by atoms with E-state index in [1.54, 1.807) is 0 Å². The molecule has 1 aliphatic heterocycles. The van der Waals surface area contributed by atoms with Crippen LogP contribution >= 0.6 is 0 Å². The molecule has 0 saturated carbocycles. The van der Waals surface area contributed by atoms with Gasteiger partial charge in [0.1, 0.15) is 0 Å². The van der Waals surface area contributed by atoms with Crippen molar-refractivity contribution in [2.75, 3.05) is 31.6 Å². The lowest BCUT2D eigenvalue weighted by Gasteiger charge is -2.20. The molecule has 2 heterocycles. The maximum absolute atomic E-state index is 4.37. The van der Waals surface area contributed by atoms with Crippen LogP contribution in [-0.2, 0) is 6.42 Å². The number of nitrogens with zero attached hydrogens (tertiary/aromatic N) is 3. The number of pyridine rings is 1. The topological polar surface area (TPSA) is 52.6 Å². The van der Waals surface area contributed by atoms with Gasteiger partial charge >= 0.3 is 0 Å². The second-order valence-electron chi connectivity index (χ2n) is 6.97. The van der Waals surface area contributed by atoms with Gasteiger partial charge in [0.15, 0.2) is 5.96 Å². The number of benzene rings is 1. The Labute approximate surface area is 156 Å². The van der Waals surface area contributed by atoms with Crippen molar-refractivity contribution in [3.8, 4) is 0 Å². The molecular weight excluding hydrogens is 322 g/mol. The van der Waals surface area contributed by atoms with E-state index in [1.165, 1.54) is 16.8 Å². The van der Waals surface area contributed by atoms with Crippen LogP contribution in [0.3, 0.4) is 0 Å². The van der Waals surface area contributed by atoms with Gasteiger partial charge in [0.2, 0.25) is 0 Å². The zero-order valence-electron chi connectivity index (χ0n) is 16.0. The molecular formula is C21H29N5. The number of rotatable bonds is 5. The Morgan fingerprint density at radius 1 is 1.19 bits per heavy atom. The van der Waals surface area contributed by atoms with Gasteiger partial charge in [0.05, 0.1) is 0 Å². The molecule has 3 rings (SSSR count). The second-order valence-corrected chi connectivity index (χ2v) is 6.97. The standard InChI is InChI=1S/C21H29N5/c1-16-4-8-20(9-5-16)26-13-11-19(15-26)25-21(22-3)23-12-10-18-7-6-17(2)24-14-18/h4-9,14,19H,10-13,15H2,1-3H3,(H2,22,23,25). The number of aryl methyl sites for hydroxylation is 2. The van der Waals surface area contributed by atoms with Crippen LogP contribution in [-0.4, -0.2) is 43.7 Å². The summed E-state index contributed by atoms with van der Waals surface area (Å²) in [6.45, 7) is 7.06. The monoisotopic (exact) mass is 351 g/mol. The van der Waals surface area contributed by atoms with E-state index in [4.69, 9.17) is 0 Å². The number of aliphatic imine (C=N–C) groups is 1. The summed E-state index contributed by atoms with van der Waals surface area (Å²) in [5.74, 6) is 0.876. The molecule has 1 aromatic heterocycles. The van der Waals surface area contributed by atoms with Gasteiger partial charge in [-0.05, 0) is 50.5 Å².